The molecular weight excluding hydrogens is 298 g/mol. The summed E-state index contributed by atoms with van der Waals surface area (Å²) in [7, 11) is 0. The SMILES string of the molecule is C1=CC[C@H](c2cn(Cc3nccn3Cc3ccccc3)nn2)CC1. The average Bonchev–Trinajstić information content (AvgIpc) is 3.27. The second-order valence-electron chi connectivity index (χ2n) is 6.28. The Balaban J connectivity index is 1.47. The normalized spacial score (nSPS) is 17.2. The number of nitrogens with zero attached hydrogens (tertiary/aromatic N) is 5. The van der Waals surface area contributed by atoms with Crippen LogP contribution < -0.4 is 0 Å². The highest BCUT2D eigenvalue weighted by molar-refractivity contribution is 5.16. The third-order valence-corrected chi connectivity index (χ3v) is 4.54. The Morgan fingerprint density at radius 3 is 2.83 bits per heavy atom. The lowest BCUT2D eigenvalue weighted by Gasteiger charge is -2.14. The van der Waals surface area contributed by atoms with Gasteiger partial charge in [0.1, 0.15) is 12.4 Å². The van der Waals surface area contributed by atoms with Crippen molar-refractivity contribution in [1.82, 2.24) is 24.5 Å². The molecule has 0 radical (unpaired) electrons. The van der Waals surface area contributed by atoms with Gasteiger partial charge in [0.25, 0.3) is 0 Å². The first-order chi connectivity index (χ1) is 11.9. The fourth-order valence-electron chi connectivity index (χ4n) is 3.20. The third-order valence-electron chi connectivity index (χ3n) is 4.54. The van der Waals surface area contributed by atoms with Gasteiger partial charge in [-0.05, 0) is 24.8 Å². The topological polar surface area (TPSA) is 48.5 Å². The molecule has 0 saturated carbocycles. The summed E-state index contributed by atoms with van der Waals surface area (Å²) in [6.45, 7) is 1.47. The van der Waals surface area contributed by atoms with E-state index in [0.29, 0.717) is 12.5 Å². The Kier molecular flexibility index (Phi) is 4.23. The summed E-state index contributed by atoms with van der Waals surface area (Å²) in [5.41, 5.74) is 2.37. The van der Waals surface area contributed by atoms with E-state index in [-0.39, 0.29) is 0 Å². The Labute approximate surface area is 141 Å². The number of hydrogen-bond donors (Lipinski definition) is 0. The van der Waals surface area contributed by atoms with Crippen LogP contribution in [0, 0.1) is 0 Å². The Morgan fingerprint density at radius 1 is 1.08 bits per heavy atom. The highest BCUT2D eigenvalue weighted by Crippen LogP contribution is 2.27. The van der Waals surface area contributed by atoms with Crippen LogP contribution in [0.4, 0.5) is 0 Å². The number of rotatable bonds is 5. The van der Waals surface area contributed by atoms with Crippen LogP contribution >= 0.6 is 0 Å². The fraction of sp³-hybridized carbons (Fsp3) is 0.316. The van der Waals surface area contributed by atoms with E-state index in [0.717, 1.165) is 37.3 Å². The van der Waals surface area contributed by atoms with Crippen molar-refractivity contribution in [1.29, 1.82) is 0 Å². The molecule has 1 aromatic carbocycles. The molecule has 0 fully saturated rings. The second-order valence-corrected chi connectivity index (χ2v) is 6.28. The molecule has 1 atom stereocenters. The van der Waals surface area contributed by atoms with Crippen LogP contribution in [0.3, 0.4) is 0 Å². The Morgan fingerprint density at radius 2 is 2.00 bits per heavy atom. The van der Waals surface area contributed by atoms with Gasteiger partial charge in [0.05, 0.1) is 5.69 Å². The molecule has 4 rings (SSSR count). The number of benzene rings is 1. The Bertz CT molecular complexity index is 815. The quantitative estimate of drug-likeness (QED) is 0.677. The molecule has 0 spiro atoms. The van der Waals surface area contributed by atoms with Crippen molar-refractivity contribution >= 4 is 0 Å². The molecular formula is C19H21N5. The molecule has 1 aliphatic rings. The molecule has 2 aromatic heterocycles. The summed E-state index contributed by atoms with van der Waals surface area (Å²) < 4.78 is 4.07. The molecule has 0 aliphatic heterocycles. The highest BCUT2D eigenvalue weighted by Gasteiger charge is 2.16. The monoisotopic (exact) mass is 319 g/mol. The molecule has 0 saturated heterocycles. The zero-order valence-corrected chi connectivity index (χ0v) is 13.6. The van der Waals surface area contributed by atoms with Gasteiger partial charge in [-0.2, -0.15) is 0 Å². The molecule has 3 aromatic rings. The maximum atomic E-state index is 4.49. The predicted octanol–water partition coefficient (Wildman–Crippen LogP) is 3.39. The van der Waals surface area contributed by atoms with Gasteiger partial charge in [0.2, 0.25) is 0 Å². The highest BCUT2D eigenvalue weighted by atomic mass is 15.4. The van der Waals surface area contributed by atoms with Gasteiger partial charge in [-0.15, -0.1) is 5.10 Å². The first-order valence-corrected chi connectivity index (χ1v) is 8.47. The maximum Gasteiger partial charge on any atom is 0.130 e. The van der Waals surface area contributed by atoms with Gasteiger partial charge >= 0.3 is 0 Å². The van der Waals surface area contributed by atoms with Gasteiger partial charge in [-0.1, -0.05) is 47.7 Å². The molecule has 0 amide bonds. The summed E-state index contributed by atoms with van der Waals surface area (Å²) in [6, 6.07) is 10.4. The first kappa shape index (κ1) is 14.9. The maximum absolute atomic E-state index is 4.49. The van der Waals surface area contributed by atoms with Crippen LogP contribution in [-0.4, -0.2) is 24.5 Å². The smallest absolute Gasteiger partial charge is 0.130 e. The van der Waals surface area contributed by atoms with E-state index in [1.165, 1.54) is 5.56 Å². The minimum atomic E-state index is 0.507. The molecule has 2 heterocycles. The van der Waals surface area contributed by atoms with Crippen molar-refractivity contribution in [3.05, 3.63) is 78.2 Å². The molecule has 122 valence electrons. The largest absolute Gasteiger partial charge is 0.329 e. The Hall–Kier alpha value is -2.69. The van der Waals surface area contributed by atoms with Crippen LogP contribution in [0.25, 0.3) is 0 Å². The van der Waals surface area contributed by atoms with Gasteiger partial charge in [-0.25, -0.2) is 9.67 Å². The average molecular weight is 319 g/mol. The van der Waals surface area contributed by atoms with Crippen molar-refractivity contribution in [2.45, 2.75) is 38.3 Å². The molecule has 5 heteroatoms. The predicted molar refractivity (Wildman–Crippen MR) is 92.6 cm³/mol. The first-order valence-electron chi connectivity index (χ1n) is 8.47. The van der Waals surface area contributed by atoms with Crippen molar-refractivity contribution in [3.63, 3.8) is 0 Å². The summed E-state index contributed by atoms with van der Waals surface area (Å²) in [5.74, 6) is 1.51. The van der Waals surface area contributed by atoms with Gasteiger partial charge in [0.15, 0.2) is 0 Å². The van der Waals surface area contributed by atoms with Crippen LogP contribution in [0.1, 0.15) is 42.3 Å². The second kappa shape index (κ2) is 6.83. The zero-order valence-electron chi connectivity index (χ0n) is 13.6. The standard InChI is InChI=1S/C19H21N5/c1-3-7-16(8-4-1)13-23-12-11-20-19(23)15-24-14-18(21-22-24)17-9-5-2-6-10-17/h1-5,7-8,11-12,14,17H,6,9-10,13,15H2/t17-/m0/s1. The van der Waals surface area contributed by atoms with Crippen LogP contribution in [0.2, 0.25) is 0 Å². The van der Waals surface area contributed by atoms with Gasteiger partial charge < -0.3 is 4.57 Å². The number of aromatic nitrogens is 5. The third kappa shape index (κ3) is 3.30. The molecule has 0 bridgehead atoms. The van der Waals surface area contributed by atoms with E-state index < -0.39 is 0 Å². The van der Waals surface area contributed by atoms with Gasteiger partial charge in [-0.3, -0.25) is 0 Å². The van der Waals surface area contributed by atoms with E-state index >= 15 is 0 Å². The minimum absolute atomic E-state index is 0.507. The van der Waals surface area contributed by atoms with E-state index in [4.69, 9.17) is 0 Å². The van der Waals surface area contributed by atoms with Crippen LogP contribution in [-0.2, 0) is 13.1 Å². The lowest BCUT2D eigenvalue weighted by molar-refractivity contribution is 0.590. The fourth-order valence-corrected chi connectivity index (χ4v) is 3.20. The lowest BCUT2D eigenvalue weighted by atomic mass is 9.92. The molecule has 24 heavy (non-hydrogen) atoms. The van der Waals surface area contributed by atoms with Crippen LogP contribution in [0.5, 0.6) is 0 Å². The van der Waals surface area contributed by atoms with Crippen molar-refractivity contribution < 1.29 is 0 Å². The molecule has 0 N–H and O–H groups in total. The number of allylic oxidation sites excluding steroid dienone is 2. The van der Waals surface area contributed by atoms with Crippen molar-refractivity contribution in [2.24, 2.45) is 0 Å². The van der Waals surface area contributed by atoms with Crippen LogP contribution in [0.15, 0.2) is 61.1 Å². The summed E-state index contributed by atoms with van der Waals surface area (Å²) in [4.78, 5) is 4.49. The molecule has 5 nitrogen and oxygen atoms in total. The van der Waals surface area contributed by atoms with E-state index in [9.17, 15) is 0 Å². The summed E-state index contributed by atoms with van der Waals surface area (Å²) in [5, 5.41) is 8.68. The molecule has 1 aliphatic carbocycles. The van der Waals surface area contributed by atoms with Crippen molar-refractivity contribution in [2.75, 3.05) is 0 Å². The van der Waals surface area contributed by atoms with Crippen molar-refractivity contribution in [3.8, 4) is 0 Å². The zero-order chi connectivity index (χ0) is 16.2. The lowest BCUT2D eigenvalue weighted by Crippen LogP contribution is -2.10. The van der Waals surface area contributed by atoms with E-state index in [2.05, 4.69) is 62.5 Å². The summed E-state index contributed by atoms with van der Waals surface area (Å²) >= 11 is 0. The minimum Gasteiger partial charge on any atom is -0.329 e. The number of imidazole rings is 1. The molecule has 0 unspecified atom stereocenters. The van der Waals surface area contributed by atoms with Gasteiger partial charge in [0, 0.05) is 31.1 Å². The van der Waals surface area contributed by atoms with E-state index in [1.54, 1.807) is 0 Å². The number of hydrogen-bond acceptors (Lipinski definition) is 3. The summed E-state index contributed by atoms with van der Waals surface area (Å²) in [6.07, 6.45) is 13.8. The van der Waals surface area contributed by atoms with E-state index in [1.807, 2.05) is 23.1 Å².